The smallest absolute Gasteiger partial charge is 0.220 e. The van der Waals surface area contributed by atoms with Crippen molar-refractivity contribution in [1.82, 2.24) is 10.6 Å². The van der Waals surface area contributed by atoms with Crippen LogP contribution in [-0.4, -0.2) is 98.0 Å². The Hall–Kier alpha value is -4.31. The van der Waals surface area contributed by atoms with Crippen LogP contribution in [-0.2, 0) is 36.9 Å². The number of aromatic hydroxyl groups is 1. The Morgan fingerprint density at radius 3 is 2.14 bits per heavy atom. The van der Waals surface area contributed by atoms with E-state index in [0.717, 1.165) is 25.7 Å². The summed E-state index contributed by atoms with van der Waals surface area (Å²) in [5.41, 5.74) is -1.89. The van der Waals surface area contributed by atoms with E-state index in [4.69, 9.17) is 9.47 Å². The second-order valence-corrected chi connectivity index (χ2v) is 18.6. The number of phenols is 1. The van der Waals surface area contributed by atoms with Gasteiger partial charge >= 0.3 is 0 Å². The quantitative estimate of drug-likeness (QED) is 0.0304. The highest BCUT2D eigenvalue weighted by Gasteiger charge is 2.49. The summed E-state index contributed by atoms with van der Waals surface area (Å²) in [5.74, 6) is -3.17. The van der Waals surface area contributed by atoms with Crippen molar-refractivity contribution in [2.24, 2.45) is 0 Å². The van der Waals surface area contributed by atoms with E-state index in [1.54, 1.807) is 13.8 Å². The van der Waals surface area contributed by atoms with Crippen LogP contribution in [0.5, 0.6) is 5.75 Å². The van der Waals surface area contributed by atoms with E-state index in [1.165, 1.54) is 88.8 Å². The fourth-order valence-corrected chi connectivity index (χ4v) is 9.73. The van der Waals surface area contributed by atoms with Crippen LogP contribution in [0.4, 0.5) is 0 Å². The topological polar surface area (TPSA) is 229 Å². The molecule has 0 aromatic heterocycles. The van der Waals surface area contributed by atoms with E-state index in [2.05, 4.69) is 29.7 Å². The molecule has 0 bridgehead atoms. The zero-order chi connectivity index (χ0) is 47.8. The Morgan fingerprint density at radius 2 is 1.48 bits per heavy atom. The van der Waals surface area contributed by atoms with Crippen molar-refractivity contribution in [3.8, 4) is 5.75 Å². The molecule has 6 atom stereocenters. The van der Waals surface area contributed by atoms with Crippen LogP contribution in [0.1, 0.15) is 202 Å². The molecule has 0 spiro atoms. The number of amides is 2. The maximum Gasteiger partial charge on any atom is 0.220 e. The van der Waals surface area contributed by atoms with Gasteiger partial charge in [-0.1, -0.05) is 101 Å². The van der Waals surface area contributed by atoms with Crippen molar-refractivity contribution in [1.29, 1.82) is 0 Å². The van der Waals surface area contributed by atoms with E-state index in [9.17, 15) is 49.5 Å². The molecule has 1 fully saturated rings. The Kier molecular flexibility index (Phi) is 20.5. The van der Waals surface area contributed by atoms with Gasteiger partial charge in [-0.2, -0.15) is 0 Å². The monoisotopic (exact) mass is 919 g/mol. The zero-order valence-corrected chi connectivity index (χ0v) is 39.3. The molecule has 7 N–H and O–H groups in total. The molecule has 1 saturated heterocycles. The summed E-state index contributed by atoms with van der Waals surface area (Å²) in [6, 6.07) is 3.66. The second-order valence-electron chi connectivity index (χ2n) is 18.6. The first-order valence-electron chi connectivity index (χ1n) is 24.5. The lowest BCUT2D eigenvalue weighted by atomic mass is 9.70. The van der Waals surface area contributed by atoms with Gasteiger partial charge in [0.1, 0.15) is 24.1 Å². The average molecular weight is 919 g/mol. The summed E-state index contributed by atoms with van der Waals surface area (Å²) in [4.78, 5) is 66.6. The van der Waals surface area contributed by atoms with Gasteiger partial charge in [-0.3, -0.25) is 24.0 Å². The molecule has 364 valence electrons. The van der Waals surface area contributed by atoms with Crippen LogP contribution < -0.4 is 10.6 Å². The Labute approximate surface area is 389 Å². The first kappa shape index (κ1) is 52.7. The Balaban J connectivity index is 1.08. The highest BCUT2D eigenvalue weighted by molar-refractivity contribution is 6.30. The standard InChI is InChI=1S/C52H74N2O12/c1-4-5-6-7-8-9-10-11-12-13-14-15-16-17-18-19-20-25-41(58)53-27-22-26-42(59)54-38-28-43(65-34(3)48(38)60)66-39-30-52(64,40(57)32-56)29-37-33(2)44-47(51(63)46(37)39)50(62)45-35(31-55)23-21-24-36(45)49(44)61/h11-12,21,23-24,34,38-39,43,48,55-56,60,63-64H,4-10,13-20,22,25-32H2,1-3H3,(H,53,58)(H,54,59)/b12-11-/t34?,38?,39-,43-,48?,52-/m0/s1. The van der Waals surface area contributed by atoms with E-state index in [-0.39, 0.29) is 69.2 Å². The number of rotatable bonds is 27. The lowest BCUT2D eigenvalue weighted by Crippen LogP contribution is -2.56. The molecule has 2 aromatic rings. The van der Waals surface area contributed by atoms with Gasteiger partial charge in [-0.05, 0) is 69.1 Å². The summed E-state index contributed by atoms with van der Waals surface area (Å²) >= 11 is 0. The van der Waals surface area contributed by atoms with Gasteiger partial charge in [0.25, 0.3) is 0 Å². The molecule has 2 aliphatic carbocycles. The van der Waals surface area contributed by atoms with Crippen LogP contribution >= 0.6 is 0 Å². The summed E-state index contributed by atoms with van der Waals surface area (Å²) in [5, 5.41) is 60.2. The summed E-state index contributed by atoms with van der Waals surface area (Å²) in [7, 11) is 0. The first-order valence-corrected chi connectivity index (χ1v) is 24.5. The minimum absolute atomic E-state index is 0.0360. The number of benzene rings is 2. The van der Waals surface area contributed by atoms with Crippen LogP contribution in [0, 0.1) is 6.92 Å². The van der Waals surface area contributed by atoms with Crippen LogP contribution in [0.25, 0.3) is 0 Å². The number of hydrogen-bond donors (Lipinski definition) is 7. The molecule has 66 heavy (non-hydrogen) atoms. The van der Waals surface area contributed by atoms with Gasteiger partial charge < -0.3 is 45.6 Å². The summed E-state index contributed by atoms with van der Waals surface area (Å²) in [6.45, 7) is 4.18. The molecule has 14 nitrogen and oxygen atoms in total. The summed E-state index contributed by atoms with van der Waals surface area (Å²) in [6.07, 6.45) is 18.3. The number of hydrogen-bond acceptors (Lipinski definition) is 12. The van der Waals surface area contributed by atoms with Gasteiger partial charge in [0.15, 0.2) is 23.6 Å². The van der Waals surface area contributed by atoms with Crippen molar-refractivity contribution in [2.45, 2.75) is 198 Å². The molecule has 0 saturated carbocycles. The van der Waals surface area contributed by atoms with Crippen molar-refractivity contribution in [2.75, 3.05) is 13.2 Å². The fourth-order valence-electron chi connectivity index (χ4n) is 9.73. The number of phenolic OH excluding ortho intramolecular Hbond substituents is 1. The molecular formula is C52H74N2O12. The van der Waals surface area contributed by atoms with Crippen molar-refractivity contribution in [3.63, 3.8) is 0 Å². The number of ether oxygens (including phenoxy) is 2. The zero-order valence-electron chi connectivity index (χ0n) is 39.3. The Morgan fingerprint density at radius 1 is 0.848 bits per heavy atom. The number of unbranched alkanes of at least 4 members (excludes halogenated alkanes) is 13. The molecular weight excluding hydrogens is 845 g/mol. The first-order chi connectivity index (χ1) is 31.8. The number of fused-ring (bicyclic) bond motifs is 3. The third-order valence-electron chi connectivity index (χ3n) is 13.6. The number of carbonyl (C=O) groups is 5. The third kappa shape index (κ3) is 13.4. The SMILES string of the molecule is CCCCCCCC/C=C\CCCCCCCCCC(=O)NCCCC(=O)NC1C[C@H](O[C@H]2C[C@](O)(C(=O)CO)Cc3c(C)c4c(c(O)c32)C(=O)c2c(CO)cccc2C4=O)OC(C)C1O. The minimum atomic E-state index is -2.19. The molecule has 0 radical (unpaired) electrons. The largest absolute Gasteiger partial charge is 0.507 e. The number of allylic oxidation sites excluding steroid dienone is 2. The highest BCUT2D eigenvalue weighted by atomic mass is 16.7. The molecule has 3 unspecified atom stereocenters. The van der Waals surface area contributed by atoms with Crippen LogP contribution in [0.3, 0.4) is 0 Å². The molecule has 3 aliphatic rings. The van der Waals surface area contributed by atoms with Gasteiger partial charge in [0.05, 0.1) is 30.4 Å². The molecule has 2 amide bonds. The maximum atomic E-state index is 14.1. The second kappa shape index (κ2) is 25.7. The van der Waals surface area contributed by atoms with E-state index in [0.29, 0.717) is 19.4 Å². The number of nitrogens with one attached hydrogen (secondary N) is 2. The minimum Gasteiger partial charge on any atom is -0.507 e. The molecule has 1 aliphatic heterocycles. The predicted octanol–water partition coefficient (Wildman–Crippen LogP) is 6.96. The lowest BCUT2D eigenvalue weighted by molar-refractivity contribution is -0.249. The third-order valence-corrected chi connectivity index (χ3v) is 13.6. The fraction of sp³-hybridized carbons (Fsp3) is 0.635. The number of carbonyl (C=O) groups excluding carboxylic acids is 5. The van der Waals surface area contributed by atoms with Crippen LogP contribution in [0.15, 0.2) is 30.4 Å². The van der Waals surface area contributed by atoms with Crippen molar-refractivity contribution < 1.29 is 59.0 Å². The summed E-state index contributed by atoms with van der Waals surface area (Å²) < 4.78 is 12.4. The lowest BCUT2D eigenvalue weighted by Gasteiger charge is -2.43. The van der Waals surface area contributed by atoms with E-state index in [1.807, 2.05) is 0 Å². The van der Waals surface area contributed by atoms with E-state index < -0.39 is 85.4 Å². The van der Waals surface area contributed by atoms with Crippen LogP contribution in [0.2, 0.25) is 0 Å². The number of aliphatic hydroxyl groups excluding tert-OH is 3. The predicted molar refractivity (Wildman–Crippen MR) is 249 cm³/mol. The van der Waals surface area contributed by atoms with Gasteiger partial charge in [0.2, 0.25) is 11.8 Å². The van der Waals surface area contributed by atoms with Crippen molar-refractivity contribution >= 4 is 29.2 Å². The molecule has 2 aromatic carbocycles. The van der Waals surface area contributed by atoms with Crippen molar-refractivity contribution in [3.05, 3.63) is 74.9 Å². The average Bonchev–Trinajstić information content (AvgIpc) is 3.30. The number of aliphatic hydroxyl groups is 4. The molecule has 1 heterocycles. The molecule has 5 rings (SSSR count). The number of Topliss-reactive ketones (excluding diaryl/α,β-unsaturated/α-hetero) is 1. The van der Waals surface area contributed by atoms with Gasteiger partial charge in [-0.15, -0.1) is 0 Å². The number of ketones is 3. The maximum absolute atomic E-state index is 14.1. The Bertz CT molecular complexity index is 2030. The normalized spacial score (nSPS) is 22.5. The van der Waals surface area contributed by atoms with E-state index >= 15 is 0 Å². The van der Waals surface area contributed by atoms with Gasteiger partial charge in [0, 0.05) is 60.9 Å². The molecule has 14 heteroatoms. The van der Waals surface area contributed by atoms with Gasteiger partial charge in [-0.25, -0.2) is 0 Å². The highest BCUT2D eigenvalue weighted by Crippen LogP contribution is 2.50.